The number of amides is 2. The number of nitrogens with zero attached hydrogens (tertiary/aromatic N) is 2. The summed E-state index contributed by atoms with van der Waals surface area (Å²) in [5, 5.41) is 0. The summed E-state index contributed by atoms with van der Waals surface area (Å²) in [7, 11) is 0. The van der Waals surface area contributed by atoms with Gasteiger partial charge in [0.25, 0.3) is 0 Å². The molecule has 1 unspecified atom stereocenters. The third-order valence-corrected chi connectivity index (χ3v) is 3.50. The molecule has 2 N–H and O–H groups in total. The summed E-state index contributed by atoms with van der Waals surface area (Å²) in [5.41, 5.74) is 4.96. The van der Waals surface area contributed by atoms with Crippen LogP contribution in [0.2, 0.25) is 0 Å². The monoisotopic (exact) mass is 239 g/mol. The Kier molecular flexibility index (Phi) is 3.93. The second-order valence-corrected chi connectivity index (χ2v) is 4.56. The van der Waals surface area contributed by atoms with E-state index in [1.165, 1.54) is 6.08 Å². The quantitative estimate of drug-likeness (QED) is 0.721. The Morgan fingerprint density at radius 3 is 2.65 bits per heavy atom. The number of carbonyl (C=O) groups is 2. The maximum atomic E-state index is 12.4. The van der Waals surface area contributed by atoms with Crippen LogP contribution in [0, 0.1) is 0 Å². The molecule has 0 radical (unpaired) electrons. The zero-order valence-corrected chi connectivity index (χ0v) is 10.8. The van der Waals surface area contributed by atoms with E-state index in [4.69, 9.17) is 5.73 Å². The molecule has 1 aliphatic heterocycles. The molecule has 0 aromatic rings. The zero-order chi connectivity index (χ0) is 13.2. The number of rotatable bonds is 3. The van der Waals surface area contributed by atoms with E-state index in [9.17, 15) is 9.59 Å². The molecule has 2 amide bonds. The number of nitrogens with two attached hydrogens (primary N) is 1. The Balaban J connectivity index is 3.05. The second kappa shape index (κ2) is 4.87. The van der Waals surface area contributed by atoms with Crippen LogP contribution in [-0.2, 0) is 9.59 Å². The van der Waals surface area contributed by atoms with Crippen LogP contribution >= 0.6 is 0 Å². The van der Waals surface area contributed by atoms with Crippen LogP contribution in [0.1, 0.15) is 27.2 Å². The van der Waals surface area contributed by atoms with Crippen molar-refractivity contribution in [3.05, 3.63) is 12.7 Å². The second-order valence-electron chi connectivity index (χ2n) is 4.56. The zero-order valence-electron chi connectivity index (χ0n) is 10.8. The average Bonchev–Trinajstić information content (AvgIpc) is 2.31. The van der Waals surface area contributed by atoms with Gasteiger partial charge in [0.2, 0.25) is 11.8 Å². The van der Waals surface area contributed by atoms with Crippen molar-refractivity contribution in [3.8, 4) is 0 Å². The lowest BCUT2D eigenvalue weighted by molar-refractivity contribution is -0.160. The predicted octanol–water partition coefficient (Wildman–Crippen LogP) is 0.317. The van der Waals surface area contributed by atoms with Gasteiger partial charge in [-0.2, -0.15) is 0 Å². The van der Waals surface area contributed by atoms with Gasteiger partial charge in [-0.15, -0.1) is 0 Å². The van der Waals surface area contributed by atoms with E-state index in [2.05, 4.69) is 6.58 Å². The fraction of sp³-hybridized carbons (Fsp3) is 0.667. The van der Waals surface area contributed by atoms with Crippen molar-refractivity contribution in [1.82, 2.24) is 9.80 Å². The lowest BCUT2D eigenvalue weighted by Gasteiger charge is -2.48. The SMILES string of the molecule is C=CC(=O)N1CCN([C@@H](C)N)C(=O)C1(C)CC. The number of hydrogen-bond acceptors (Lipinski definition) is 3. The average molecular weight is 239 g/mol. The number of hydrogen-bond donors (Lipinski definition) is 1. The van der Waals surface area contributed by atoms with Crippen LogP contribution in [-0.4, -0.2) is 46.4 Å². The van der Waals surface area contributed by atoms with Crippen molar-refractivity contribution in [2.24, 2.45) is 5.73 Å². The first kappa shape index (κ1) is 13.7. The van der Waals surface area contributed by atoms with Gasteiger partial charge in [-0.3, -0.25) is 9.59 Å². The van der Waals surface area contributed by atoms with Crippen LogP contribution < -0.4 is 5.73 Å². The summed E-state index contributed by atoms with van der Waals surface area (Å²) < 4.78 is 0. The van der Waals surface area contributed by atoms with Crippen LogP contribution in [0.15, 0.2) is 12.7 Å². The Hall–Kier alpha value is -1.36. The summed E-state index contributed by atoms with van der Waals surface area (Å²) in [5.74, 6) is -0.288. The first-order chi connectivity index (χ1) is 7.88. The molecule has 17 heavy (non-hydrogen) atoms. The summed E-state index contributed by atoms with van der Waals surface area (Å²) in [6.07, 6.45) is 1.49. The summed E-state index contributed by atoms with van der Waals surface area (Å²) in [6.45, 7) is 9.91. The molecule has 5 heteroatoms. The number of carbonyl (C=O) groups excluding carboxylic acids is 2. The van der Waals surface area contributed by atoms with Crippen LogP contribution in [0.4, 0.5) is 0 Å². The topological polar surface area (TPSA) is 66.6 Å². The number of piperazine rings is 1. The summed E-state index contributed by atoms with van der Waals surface area (Å²) >= 11 is 0. The Morgan fingerprint density at radius 1 is 1.65 bits per heavy atom. The third kappa shape index (κ3) is 2.20. The Morgan fingerprint density at radius 2 is 2.24 bits per heavy atom. The largest absolute Gasteiger partial charge is 0.324 e. The molecule has 0 bridgehead atoms. The van der Waals surface area contributed by atoms with Crippen LogP contribution in [0.25, 0.3) is 0 Å². The van der Waals surface area contributed by atoms with E-state index in [1.807, 2.05) is 6.92 Å². The van der Waals surface area contributed by atoms with Crippen molar-refractivity contribution in [2.45, 2.75) is 38.9 Å². The van der Waals surface area contributed by atoms with Gasteiger partial charge in [-0.1, -0.05) is 13.5 Å². The fourth-order valence-corrected chi connectivity index (χ4v) is 2.18. The van der Waals surface area contributed by atoms with E-state index in [-0.39, 0.29) is 18.0 Å². The lowest BCUT2D eigenvalue weighted by Crippen LogP contribution is -2.67. The molecule has 0 aromatic heterocycles. The van der Waals surface area contributed by atoms with Gasteiger partial charge in [0.1, 0.15) is 5.54 Å². The van der Waals surface area contributed by atoms with Gasteiger partial charge in [-0.05, 0) is 26.3 Å². The highest BCUT2D eigenvalue weighted by Gasteiger charge is 2.46. The van der Waals surface area contributed by atoms with Gasteiger partial charge in [0.15, 0.2) is 0 Å². The highest BCUT2D eigenvalue weighted by Crippen LogP contribution is 2.27. The molecule has 1 saturated heterocycles. The third-order valence-electron chi connectivity index (χ3n) is 3.50. The molecule has 2 atom stereocenters. The van der Waals surface area contributed by atoms with Crippen molar-refractivity contribution >= 4 is 11.8 Å². The molecule has 0 aromatic carbocycles. The molecular formula is C12H21N3O2. The fourth-order valence-electron chi connectivity index (χ4n) is 2.18. The Bertz CT molecular complexity index is 341. The Labute approximate surface area is 102 Å². The van der Waals surface area contributed by atoms with Gasteiger partial charge in [0.05, 0.1) is 6.17 Å². The van der Waals surface area contributed by atoms with Crippen LogP contribution in [0.3, 0.4) is 0 Å². The van der Waals surface area contributed by atoms with Gasteiger partial charge < -0.3 is 15.5 Å². The van der Waals surface area contributed by atoms with Gasteiger partial charge in [0, 0.05) is 13.1 Å². The van der Waals surface area contributed by atoms with E-state index in [1.54, 1.807) is 23.6 Å². The standard InChI is InChI=1S/C12H21N3O2/c1-5-10(16)15-8-7-14(9(3)13)11(17)12(15,4)6-2/h5,9H,1,6-8,13H2,2-4H3/t9-,12?/m0/s1. The lowest BCUT2D eigenvalue weighted by atomic mass is 9.91. The molecule has 1 aliphatic rings. The van der Waals surface area contributed by atoms with Crippen LogP contribution in [0.5, 0.6) is 0 Å². The van der Waals surface area contributed by atoms with Crippen molar-refractivity contribution in [3.63, 3.8) is 0 Å². The minimum Gasteiger partial charge on any atom is -0.324 e. The van der Waals surface area contributed by atoms with Crippen molar-refractivity contribution < 1.29 is 9.59 Å². The van der Waals surface area contributed by atoms with Gasteiger partial charge >= 0.3 is 0 Å². The first-order valence-electron chi connectivity index (χ1n) is 5.89. The van der Waals surface area contributed by atoms with E-state index in [0.29, 0.717) is 19.5 Å². The molecule has 5 nitrogen and oxygen atoms in total. The summed E-state index contributed by atoms with van der Waals surface area (Å²) in [4.78, 5) is 27.3. The molecule has 0 spiro atoms. The smallest absolute Gasteiger partial charge is 0.249 e. The van der Waals surface area contributed by atoms with E-state index in [0.717, 1.165) is 0 Å². The summed E-state index contributed by atoms with van der Waals surface area (Å²) in [6, 6.07) is 0. The van der Waals surface area contributed by atoms with E-state index < -0.39 is 5.54 Å². The van der Waals surface area contributed by atoms with E-state index >= 15 is 0 Å². The maximum Gasteiger partial charge on any atom is 0.249 e. The highest BCUT2D eigenvalue weighted by atomic mass is 16.2. The molecule has 0 aliphatic carbocycles. The van der Waals surface area contributed by atoms with Gasteiger partial charge in [-0.25, -0.2) is 0 Å². The van der Waals surface area contributed by atoms with Crippen molar-refractivity contribution in [2.75, 3.05) is 13.1 Å². The predicted molar refractivity (Wildman–Crippen MR) is 66.0 cm³/mol. The normalized spacial score (nSPS) is 26.9. The van der Waals surface area contributed by atoms with Crippen molar-refractivity contribution in [1.29, 1.82) is 0 Å². The highest BCUT2D eigenvalue weighted by molar-refractivity contribution is 5.96. The molecular weight excluding hydrogens is 218 g/mol. The maximum absolute atomic E-state index is 12.4. The first-order valence-corrected chi connectivity index (χ1v) is 5.89. The molecule has 1 heterocycles. The molecule has 0 saturated carbocycles. The minimum atomic E-state index is -0.808. The minimum absolute atomic E-state index is 0.0866. The molecule has 96 valence electrons. The molecule has 1 fully saturated rings. The molecule has 1 rings (SSSR count).